The zero-order valence-electron chi connectivity index (χ0n) is 16.3. The monoisotopic (exact) mass is 420 g/mol. The standard InChI is InChI=1S/C7H13O2.3C4H9.Sn/c1-5-6(8)9-7(2,3)4;3*1-3-4-2;/h5H,1-4H3;3*1,3-4H2,2H3;. The Morgan fingerprint density at radius 3 is 1.55 bits per heavy atom. The van der Waals surface area contributed by atoms with E-state index in [9.17, 15) is 4.79 Å². The van der Waals surface area contributed by atoms with Crippen LogP contribution in [0.2, 0.25) is 17.2 Å². The van der Waals surface area contributed by atoms with Crippen molar-refractivity contribution in [3.63, 3.8) is 0 Å². The van der Waals surface area contributed by atoms with Gasteiger partial charge in [0.25, 0.3) is 0 Å². The van der Waals surface area contributed by atoms with Crippen LogP contribution in [-0.2, 0) is 9.53 Å². The number of carbonyl (C=O) groups excluding carboxylic acids is 1. The SMILES string of the molecule is CCC[CH2][Sn]([CH2]CCC)([CH2]CCC)[CH](C)C(=O)OC(C)(C)C. The van der Waals surface area contributed by atoms with Gasteiger partial charge in [0.15, 0.2) is 0 Å². The Labute approximate surface area is 143 Å². The summed E-state index contributed by atoms with van der Waals surface area (Å²) in [5.41, 5.74) is -0.358. The number of rotatable bonds is 11. The quantitative estimate of drug-likeness (QED) is 0.280. The normalized spacial score (nSPS) is 14.0. The van der Waals surface area contributed by atoms with E-state index >= 15 is 0 Å². The average Bonchev–Trinajstić information content (AvgIpc) is 2.44. The summed E-state index contributed by atoms with van der Waals surface area (Å²) in [6.45, 7) is 15.0. The maximum absolute atomic E-state index is 12.7. The number of hydrogen-bond donors (Lipinski definition) is 0. The molecular formula is C19H40O2Sn. The first kappa shape index (κ1) is 22.3. The summed E-state index contributed by atoms with van der Waals surface area (Å²) in [5, 5.41) is 0. The van der Waals surface area contributed by atoms with E-state index in [1.807, 2.05) is 20.8 Å². The molecule has 1 unspecified atom stereocenters. The summed E-state index contributed by atoms with van der Waals surface area (Å²) in [7, 11) is 0. The molecule has 0 saturated carbocycles. The molecular weight excluding hydrogens is 379 g/mol. The molecule has 0 fully saturated rings. The fourth-order valence-electron chi connectivity index (χ4n) is 3.25. The fraction of sp³-hybridized carbons (Fsp3) is 0.947. The van der Waals surface area contributed by atoms with Crippen LogP contribution in [0.5, 0.6) is 0 Å². The molecule has 0 aliphatic rings. The molecule has 0 bridgehead atoms. The van der Waals surface area contributed by atoms with E-state index < -0.39 is 18.4 Å². The summed E-state index contributed by atoms with van der Waals surface area (Å²) in [6, 6.07) is 0. The van der Waals surface area contributed by atoms with Crippen LogP contribution >= 0.6 is 0 Å². The molecule has 0 rings (SSSR count). The van der Waals surface area contributed by atoms with E-state index in [-0.39, 0.29) is 15.5 Å². The van der Waals surface area contributed by atoms with Crippen molar-refractivity contribution in [2.24, 2.45) is 0 Å². The van der Waals surface area contributed by atoms with Crippen molar-refractivity contribution in [3.05, 3.63) is 0 Å². The second kappa shape index (κ2) is 10.9. The Morgan fingerprint density at radius 2 is 1.27 bits per heavy atom. The predicted octanol–water partition coefficient (Wildman–Crippen LogP) is 6.57. The summed E-state index contributed by atoms with van der Waals surface area (Å²) in [6.07, 6.45) is 7.65. The van der Waals surface area contributed by atoms with E-state index in [0.29, 0.717) is 0 Å². The number of unbranched alkanes of at least 4 members (excludes halogenated alkanes) is 3. The van der Waals surface area contributed by atoms with Crippen LogP contribution in [0.1, 0.15) is 87.0 Å². The van der Waals surface area contributed by atoms with Crippen molar-refractivity contribution in [3.8, 4) is 0 Å². The minimum absolute atomic E-state index is 0.0895. The molecule has 0 aliphatic carbocycles. The first-order chi connectivity index (χ1) is 10.2. The Hall–Kier alpha value is 0.269. The van der Waals surface area contributed by atoms with Gasteiger partial charge in [-0.05, 0) is 0 Å². The van der Waals surface area contributed by atoms with Crippen LogP contribution in [0.25, 0.3) is 0 Å². The molecule has 0 aromatic rings. The third-order valence-electron chi connectivity index (χ3n) is 4.76. The molecule has 3 heteroatoms. The summed E-state index contributed by atoms with van der Waals surface area (Å²) in [4.78, 5) is 12.7. The van der Waals surface area contributed by atoms with Crippen LogP contribution in [0.4, 0.5) is 0 Å². The molecule has 2 nitrogen and oxygen atoms in total. The van der Waals surface area contributed by atoms with Gasteiger partial charge in [0.2, 0.25) is 0 Å². The molecule has 0 N–H and O–H groups in total. The molecule has 0 saturated heterocycles. The third kappa shape index (κ3) is 8.21. The molecule has 0 heterocycles. The first-order valence-electron chi connectivity index (χ1n) is 9.45. The topological polar surface area (TPSA) is 26.3 Å². The third-order valence-corrected chi connectivity index (χ3v) is 22.2. The number of ether oxygens (including phenoxy) is 1. The van der Waals surface area contributed by atoms with Gasteiger partial charge in [-0.3, -0.25) is 0 Å². The maximum atomic E-state index is 12.7. The van der Waals surface area contributed by atoms with E-state index in [1.54, 1.807) is 0 Å². The van der Waals surface area contributed by atoms with Crippen LogP contribution < -0.4 is 0 Å². The van der Waals surface area contributed by atoms with Gasteiger partial charge >= 0.3 is 144 Å². The van der Waals surface area contributed by atoms with Gasteiger partial charge in [-0.15, -0.1) is 0 Å². The summed E-state index contributed by atoms with van der Waals surface area (Å²) in [5.74, 6) is 0.0895. The summed E-state index contributed by atoms with van der Waals surface area (Å²) >= 11 is -2.48. The van der Waals surface area contributed by atoms with Crippen LogP contribution in [0.15, 0.2) is 0 Å². The molecule has 0 aromatic heterocycles. The minimum atomic E-state index is -2.48. The van der Waals surface area contributed by atoms with Gasteiger partial charge in [-0.1, -0.05) is 0 Å². The molecule has 0 aliphatic heterocycles. The van der Waals surface area contributed by atoms with Gasteiger partial charge in [0.05, 0.1) is 0 Å². The molecule has 0 spiro atoms. The summed E-state index contributed by atoms with van der Waals surface area (Å²) < 4.78 is 10.1. The van der Waals surface area contributed by atoms with Gasteiger partial charge in [0.1, 0.15) is 0 Å². The Balaban J connectivity index is 5.22. The van der Waals surface area contributed by atoms with E-state index in [4.69, 9.17) is 4.74 Å². The molecule has 0 aromatic carbocycles. The van der Waals surface area contributed by atoms with Gasteiger partial charge in [-0.2, -0.15) is 0 Å². The average molecular weight is 419 g/mol. The molecule has 0 radical (unpaired) electrons. The van der Waals surface area contributed by atoms with E-state index in [1.165, 1.54) is 51.8 Å². The Bertz CT molecular complexity index is 285. The van der Waals surface area contributed by atoms with Crippen molar-refractivity contribution in [1.82, 2.24) is 0 Å². The fourth-order valence-corrected chi connectivity index (χ4v) is 19.8. The van der Waals surface area contributed by atoms with Crippen LogP contribution in [0.3, 0.4) is 0 Å². The Morgan fingerprint density at radius 1 is 0.909 bits per heavy atom. The van der Waals surface area contributed by atoms with Crippen molar-refractivity contribution >= 4 is 24.3 Å². The van der Waals surface area contributed by atoms with Crippen molar-refractivity contribution in [2.45, 2.75) is 110 Å². The second-order valence-corrected chi connectivity index (χ2v) is 22.5. The zero-order valence-corrected chi connectivity index (χ0v) is 19.1. The van der Waals surface area contributed by atoms with Crippen LogP contribution in [-0.4, -0.2) is 29.9 Å². The molecule has 1 atom stereocenters. The van der Waals surface area contributed by atoms with Gasteiger partial charge in [0, 0.05) is 0 Å². The van der Waals surface area contributed by atoms with Crippen molar-refractivity contribution in [1.29, 1.82) is 0 Å². The van der Waals surface area contributed by atoms with Gasteiger partial charge in [-0.25, -0.2) is 0 Å². The number of esters is 1. The zero-order chi connectivity index (χ0) is 17.2. The molecule has 0 amide bonds. The van der Waals surface area contributed by atoms with Crippen molar-refractivity contribution < 1.29 is 9.53 Å². The number of hydrogen-bond acceptors (Lipinski definition) is 2. The van der Waals surface area contributed by atoms with E-state index in [0.717, 1.165) is 0 Å². The molecule has 22 heavy (non-hydrogen) atoms. The van der Waals surface area contributed by atoms with E-state index in [2.05, 4.69) is 27.7 Å². The van der Waals surface area contributed by atoms with Crippen molar-refractivity contribution in [2.75, 3.05) is 0 Å². The Kier molecular flexibility index (Phi) is 11.1. The predicted molar refractivity (Wildman–Crippen MR) is 100 cm³/mol. The van der Waals surface area contributed by atoms with Crippen LogP contribution in [0, 0.1) is 0 Å². The molecule has 132 valence electrons. The number of carbonyl (C=O) groups is 1. The second-order valence-electron chi connectivity index (χ2n) is 7.93. The first-order valence-corrected chi connectivity index (χ1v) is 17.2. The van der Waals surface area contributed by atoms with Gasteiger partial charge < -0.3 is 0 Å².